The molecule has 1 aliphatic rings. The van der Waals surface area contributed by atoms with E-state index in [0.29, 0.717) is 11.6 Å². The van der Waals surface area contributed by atoms with E-state index < -0.39 is 0 Å². The van der Waals surface area contributed by atoms with Crippen molar-refractivity contribution in [3.8, 4) is 22.8 Å². The van der Waals surface area contributed by atoms with Gasteiger partial charge in [-0.25, -0.2) is 21.1 Å². The van der Waals surface area contributed by atoms with Gasteiger partial charge < -0.3 is 9.64 Å². The second kappa shape index (κ2) is 9.72. The molecule has 36 heavy (non-hydrogen) atoms. The van der Waals surface area contributed by atoms with Gasteiger partial charge in [0.1, 0.15) is 5.82 Å². The van der Waals surface area contributed by atoms with Crippen molar-refractivity contribution in [3.63, 3.8) is 0 Å². The topological polar surface area (TPSA) is 38.2 Å². The predicted octanol–water partition coefficient (Wildman–Crippen LogP) is 7.64. The van der Waals surface area contributed by atoms with Crippen LogP contribution in [0, 0.1) is 12.1 Å². The summed E-state index contributed by atoms with van der Waals surface area (Å²) in [6.07, 6.45) is 3.54. The van der Waals surface area contributed by atoms with Crippen molar-refractivity contribution >= 4 is 17.2 Å². The Bertz CT molecular complexity index is 1500. The fraction of sp³-hybridized carbons (Fsp3) is 0.0968. The van der Waals surface area contributed by atoms with Crippen LogP contribution in [0.1, 0.15) is 25.0 Å². The number of nitrogens with zero attached hydrogens (tertiary/aromatic N) is 3. The van der Waals surface area contributed by atoms with Gasteiger partial charge in [-0.15, -0.1) is 18.2 Å². The number of rotatable bonds is 4. The number of pyridine rings is 2. The van der Waals surface area contributed by atoms with Crippen molar-refractivity contribution in [2.45, 2.75) is 19.3 Å². The normalized spacial score (nSPS) is 13.2. The molecule has 2 aromatic heterocycles. The molecule has 0 radical (unpaired) electrons. The maximum Gasteiger partial charge on any atom is 2.00 e. The van der Waals surface area contributed by atoms with E-state index in [9.17, 15) is 0 Å². The molecule has 5 aromatic rings. The zero-order valence-electron chi connectivity index (χ0n) is 19.9. The van der Waals surface area contributed by atoms with Crippen molar-refractivity contribution in [2.24, 2.45) is 0 Å². The summed E-state index contributed by atoms with van der Waals surface area (Å²) >= 11 is 0. The van der Waals surface area contributed by atoms with Gasteiger partial charge in [0, 0.05) is 29.9 Å². The van der Waals surface area contributed by atoms with Crippen LogP contribution >= 0.6 is 0 Å². The number of hydrogen-bond donors (Lipinski definition) is 0. The van der Waals surface area contributed by atoms with E-state index in [2.05, 4.69) is 77.2 Å². The van der Waals surface area contributed by atoms with Crippen LogP contribution in [0.15, 0.2) is 103 Å². The second-order valence-electron chi connectivity index (χ2n) is 9.00. The van der Waals surface area contributed by atoms with E-state index in [1.165, 1.54) is 11.1 Å². The molecule has 0 aliphatic carbocycles. The Kier molecular flexibility index (Phi) is 6.47. The molecule has 0 N–H and O–H groups in total. The molecule has 3 heterocycles. The van der Waals surface area contributed by atoms with Crippen molar-refractivity contribution < 1.29 is 25.8 Å². The minimum Gasteiger partial charge on any atom is -0.460 e. The summed E-state index contributed by atoms with van der Waals surface area (Å²) in [6, 6.07) is 37.4. The first kappa shape index (κ1) is 24.0. The van der Waals surface area contributed by atoms with E-state index in [4.69, 9.17) is 4.74 Å². The van der Waals surface area contributed by atoms with Gasteiger partial charge in [0.2, 0.25) is 5.88 Å². The van der Waals surface area contributed by atoms with Gasteiger partial charge in [-0.05, 0) is 40.9 Å². The standard InChI is InChI=1S/C31H23N3O.Pt/c1-31(2)25-12-3-4-13-27(25)34(29-14-5-7-18-32-29)28-21-23(16-17-26(28)31)22-10-9-11-24(20-22)35-30-15-6-8-19-33-30;/h3-19H,1-2H3;/q-2;+2. The van der Waals surface area contributed by atoms with E-state index in [0.717, 1.165) is 28.3 Å². The molecule has 0 unspecified atom stereocenters. The molecule has 0 saturated heterocycles. The monoisotopic (exact) mass is 648 g/mol. The van der Waals surface area contributed by atoms with E-state index >= 15 is 0 Å². The molecule has 0 bridgehead atoms. The first-order valence-electron chi connectivity index (χ1n) is 11.6. The van der Waals surface area contributed by atoms with Crippen LogP contribution in [0.2, 0.25) is 0 Å². The molecule has 4 nitrogen and oxygen atoms in total. The van der Waals surface area contributed by atoms with E-state index in [1.54, 1.807) is 6.20 Å². The molecule has 0 amide bonds. The van der Waals surface area contributed by atoms with Crippen LogP contribution in [0.25, 0.3) is 11.1 Å². The number of anilines is 3. The van der Waals surface area contributed by atoms with Crippen LogP contribution in [0.5, 0.6) is 11.6 Å². The molecule has 178 valence electrons. The molecule has 0 atom stereocenters. The first-order valence-corrected chi connectivity index (χ1v) is 11.6. The predicted molar refractivity (Wildman–Crippen MR) is 138 cm³/mol. The average molecular weight is 649 g/mol. The third kappa shape index (κ3) is 4.23. The summed E-state index contributed by atoms with van der Waals surface area (Å²) in [6.45, 7) is 4.53. The molecule has 1 aliphatic heterocycles. The molecular formula is C31H23N3OPt. The van der Waals surface area contributed by atoms with Crippen molar-refractivity contribution in [1.29, 1.82) is 0 Å². The van der Waals surface area contributed by atoms with Crippen LogP contribution in [-0.2, 0) is 26.5 Å². The molecule has 3 aromatic carbocycles. The minimum atomic E-state index is -0.181. The Morgan fingerprint density at radius 1 is 0.694 bits per heavy atom. The SMILES string of the molecule is CC1(C)c2ccc(-c3[c-]c(Oc4ccccn4)ccc3)[c-]c2N(c2ccccn2)c2ccccc21.[Pt+2]. The summed E-state index contributed by atoms with van der Waals surface area (Å²) in [5.74, 6) is 2.01. The minimum absolute atomic E-state index is 0. The largest absolute Gasteiger partial charge is 2.00 e. The van der Waals surface area contributed by atoms with Gasteiger partial charge in [-0.2, -0.15) is 24.3 Å². The summed E-state index contributed by atoms with van der Waals surface area (Å²) in [7, 11) is 0. The third-order valence-electron chi connectivity index (χ3n) is 6.43. The van der Waals surface area contributed by atoms with Crippen LogP contribution in [-0.4, -0.2) is 9.97 Å². The number of para-hydroxylation sites is 1. The number of ether oxygens (including phenoxy) is 1. The molecule has 5 heteroatoms. The number of benzene rings is 3. The number of hydrogen-bond acceptors (Lipinski definition) is 4. The average Bonchev–Trinajstić information content (AvgIpc) is 2.90. The summed E-state index contributed by atoms with van der Waals surface area (Å²) in [4.78, 5) is 11.1. The van der Waals surface area contributed by atoms with Crippen molar-refractivity contribution in [3.05, 3.63) is 127 Å². The Morgan fingerprint density at radius 3 is 2.22 bits per heavy atom. The summed E-state index contributed by atoms with van der Waals surface area (Å²) in [5.41, 5.74) is 6.23. The Morgan fingerprint density at radius 2 is 1.44 bits per heavy atom. The quantitative estimate of drug-likeness (QED) is 0.188. The molecular weight excluding hydrogens is 625 g/mol. The Balaban J connectivity index is 0.00000267. The van der Waals surface area contributed by atoms with E-state index in [-0.39, 0.29) is 26.5 Å². The smallest absolute Gasteiger partial charge is 0.460 e. The fourth-order valence-corrected chi connectivity index (χ4v) is 4.69. The van der Waals surface area contributed by atoms with Gasteiger partial charge in [-0.3, -0.25) is 0 Å². The van der Waals surface area contributed by atoms with E-state index in [1.807, 2.05) is 60.8 Å². The van der Waals surface area contributed by atoms with Crippen LogP contribution in [0.3, 0.4) is 0 Å². The first-order chi connectivity index (χ1) is 17.1. The van der Waals surface area contributed by atoms with Gasteiger partial charge >= 0.3 is 21.1 Å². The van der Waals surface area contributed by atoms with Gasteiger partial charge in [0.05, 0.1) is 0 Å². The van der Waals surface area contributed by atoms with Crippen LogP contribution in [0.4, 0.5) is 17.2 Å². The van der Waals surface area contributed by atoms with Crippen molar-refractivity contribution in [2.75, 3.05) is 4.90 Å². The molecule has 0 spiro atoms. The molecule has 6 rings (SSSR count). The maximum absolute atomic E-state index is 5.92. The Hall–Kier alpha value is -3.75. The number of aromatic nitrogens is 2. The summed E-state index contributed by atoms with van der Waals surface area (Å²) < 4.78 is 5.92. The zero-order valence-corrected chi connectivity index (χ0v) is 22.2. The van der Waals surface area contributed by atoms with Gasteiger partial charge in [-0.1, -0.05) is 49.7 Å². The summed E-state index contributed by atoms with van der Waals surface area (Å²) in [5, 5.41) is 0. The Labute approximate surface area is 225 Å². The zero-order chi connectivity index (χ0) is 23.8. The third-order valence-corrected chi connectivity index (χ3v) is 6.43. The maximum atomic E-state index is 5.92. The van der Waals surface area contributed by atoms with Gasteiger partial charge in [0.15, 0.2) is 0 Å². The number of fused-ring (bicyclic) bond motifs is 2. The fourth-order valence-electron chi connectivity index (χ4n) is 4.69. The van der Waals surface area contributed by atoms with Crippen LogP contribution < -0.4 is 9.64 Å². The van der Waals surface area contributed by atoms with Gasteiger partial charge in [0.25, 0.3) is 0 Å². The molecule has 0 fully saturated rings. The molecule has 0 saturated carbocycles. The van der Waals surface area contributed by atoms with Crippen molar-refractivity contribution in [1.82, 2.24) is 9.97 Å². The second-order valence-corrected chi connectivity index (χ2v) is 9.00.